The van der Waals surface area contributed by atoms with Crippen molar-refractivity contribution >= 4 is 17.7 Å². The largest absolute Gasteiger partial charge is 0.480 e. The number of aliphatic carboxylic acids is 1. The number of anilines is 1. The quantitative estimate of drug-likeness (QED) is 0.877. The summed E-state index contributed by atoms with van der Waals surface area (Å²) in [5.74, 6) is -1.01. The van der Waals surface area contributed by atoms with E-state index in [2.05, 4.69) is 4.98 Å². The van der Waals surface area contributed by atoms with Gasteiger partial charge in [-0.15, -0.1) is 0 Å². The molecule has 136 valence electrons. The van der Waals surface area contributed by atoms with Crippen LogP contribution in [0.15, 0.2) is 36.8 Å². The van der Waals surface area contributed by atoms with Gasteiger partial charge in [-0.05, 0) is 39.0 Å². The zero-order chi connectivity index (χ0) is 19.3. The van der Waals surface area contributed by atoms with Crippen molar-refractivity contribution in [2.75, 3.05) is 11.4 Å². The van der Waals surface area contributed by atoms with Gasteiger partial charge in [0.15, 0.2) is 0 Å². The first-order chi connectivity index (χ1) is 12.2. The predicted molar refractivity (Wildman–Crippen MR) is 93.7 cm³/mol. The van der Waals surface area contributed by atoms with Gasteiger partial charge in [0.25, 0.3) is 0 Å². The summed E-state index contributed by atoms with van der Waals surface area (Å²) in [5, 5.41) is 18.2. The van der Waals surface area contributed by atoms with Gasteiger partial charge in [-0.25, -0.2) is 14.3 Å². The second-order valence-corrected chi connectivity index (χ2v) is 6.66. The topological polar surface area (TPSA) is 108 Å². The molecule has 0 saturated carbocycles. The number of carbonyl (C=O) groups excluding carboxylic acids is 1. The van der Waals surface area contributed by atoms with Crippen molar-refractivity contribution in [2.24, 2.45) is 0 Å². The number of nitrogens with zero attached hydrogens (tertiary/aromatic N) is 4. The number of hydrogen-bond acceptors (Lipinski definition) is 6. The van der Waals surface area contributed by atoms with Crippen molar-refractivity contribution in [3.63, 3.8) is 0 Å². The van der Waals surface area contributed by atoms with E-state index >= 15 is 0 Å². The van der Waals surface area contributed by atoms with Crippen LogP contribution in [0.4, 0.5) is 10.5 Å². The lowest BCUT2D eigenvalue weighted by Crippen LogP contribution is -2.29. The highest BCUT2D eigenvalue weighted by molar-refractivity contribution is 5.74. The van der Waals surface area contributed by atoms with Gasteiger partial charge in [-0.2, -0.15) is 5.26 Å². The maximum Gasteiger partial charge on any atom is 0.419 e. The number of benzene rings is 1. The Morgan fingerprint density at radius 2 is 2.12 bits per heavy atom. The Balaban J connectivity index is 2.20. The molecule has 0 aliphatic heterocycles. The number of hydrogen-bond donors (Lipinski definition) is 1. The van der Waals surface area contributed by atoms with Crippen LogP contribution in [0.25, 0.3) is 0 Å². The third kappa shape index (κ3) is 5.34. The van der Waals surface area contributed by atoms with E-state index in [4.69, 9.17) is 15.1 Å². The van der Waals surface area contributed by atoms with Gasteiger partial charge in [0.2, 0.25) is 0 Å². The number of imidazole rings is 1. The molecule has 0 aliphatic rings. The fourth-order valence-corrected chi connectivity index (χ4v) is 2.23. The third-order valence-electron chi connectivity index (χ3n) is 3.26. The van der Waals surface area contributed by atoms with E-state index in [1.54, 1.807) is 49.9 Å². The molecule has 8 heteroatoms. The first-order valence-electron chi connectivity index (χ1n) is 7.91. The number of nitriles is 1. The van der Waals surface area contributed by atoms with Gasteiger partial charge < -0.3 is 14.7 Å². The van der Waals surface area contributed by atoms with Crippen LogP contribution < -0.4 is 4.90 Å². The van der Waals surface area contributed by atoms with E-state index in [-0.39, 0.29) is 13.1 Å². The molecular weight excluding hydrogens is 336 g/mol. The zero-order valence-electron chi connectivity index (χ0n) is 14.8. The van der Waals surface area contributed by atoms with E-state index in [0.717, 1.165) is 0 Å². The van der Waals surface area contributed by atoms with Crippen molar-refractivity contribution in [3.05, 3.63) is 48.0 Å². The van der Waals surface area contributed by atoms with Gasteiger partial charge in [0, 0.05) is 11.9 Å². The second-order valence-electron chi connectivity index (χ2n) is 6.66. The highest BCUT2D eigenvalue weighted by atomic mass is 16.6. The Hall–Kier alpha value is -3.34. The second kappa shape index (κ2) is 7.70. The monoisotopic (exact) mass is 356 g/mol. The van der Waals surface area contributed by atoms with Gasteiger partial charge in [0.05, 0.1) is 23.9 Å². The minimum absolute atomic E-state index is 0.164. The van der Waals surface area contributed by atoms with Crippen molar-refractivity contribution in [2.45, 2.75) is 32.9 Å². The molecule has 2 rings (SSSR count). The van der Waals surface area contributed by atoms with Crippen molar-refractivity contribution < 1.29 is 19.4 Å². The molecule has 26 heavy (non-hydrogen) atoms. The summed E-state index contributed by atoms with van der Waals surface area (Å²) in [6, 6.07) is 8.67. The highest BCUT2D eigenvalue weighted by Gasteiger charge is 2.19. The lowest BCUT2D eigenvalue weighted by Gasteiger charge is -2.22. The number of aromatic nitrogens is 2. The summed E-state index contributed by atoms with van der Waals surface area (Å²) >= 11 is 0. The molecule has 1 heterocycles. The summed E-state index contributed by atoms with van der Waals surface area (Å²) in [7, 11) is 0. The fourth-order valence-electron chi connectivity index (χ4n) is 2.23. The van der Waals surface area contributed by atoms with Crippen molar-refractivity contribution in [3.8, 4) is 6.07 Å². The number of carboxylic acid groups (broad SMARTS) is 1. The summed E-state index contributed by atoms with van der Waals surface area (Å²) < 4.78 is 6.48. The SMILES string of the molecule is CC(C)(C)OC(=O)n1cnc(CN(CC(=O)O)c2cccc(C#N)c2)c1. The minimum Gasteiger partial charge on any atom is -0.480 e. The number of ether oxygens (including phenoxy) is 1. The smallest absolute Gasteiger partial charge is 0.419 e. The Labute approximate surface area is 151 Å². The van der Waals surface area contributed by atoms with Crippen molar-refractivity contribution in [1.82, 2.24) is 9.55 Å². The number of rotatable bonds is 5. The zero-order valence-corrected chi connectivity index (χ0v) is 14.8. The van der Waals surface area contributed by atoms with Crippen LogP contribution in [0.5, 0.6) is 0 Å². The first kappa shape index (κ1) is 19.0. The van der Waals surface area contributed by atoms with Crippen LogP contribution in [0.1, 0.15) is 32.0 Å². The molecule has 0 amide bonds. The molecule has 0 fully saturated rings. The van der Waals surface area contributed by atoms with E-state index in [1.807, 2.05) is 6.07 Å². The van der Waals surface area contributed by atoms with Gasteiger partial charge in [-0.3, -0.25) is 4.79 Å². The molecule has 2 aromatic rings. The molecule has 0 radical (unpaired) electrons. The number of carbonyl (C=O) groups is 2. The Bertz CT molecular complexity index is 845. The molecule has 8 nitrogen and oxygen atoms in total. The molecule has 0 atom stereocenters. The van der Waals surface area contributed by atoms with Crippen molar-refractivity contribution in [1.29, 1.82) is 5.26 Å². The van der Waals surface area contributed by atoms with Crippen LogP contribution >= 0.6 is 0 Å². The standard InChI is InChI=1S/C18H20N4O4/c1-18(2,3)26-17(25)22-10-14(20-12-22)9-21(11-16(23)24)15-6-4-5-13(7-15)8-19/h4-7,10,12H,9,11H2,1-3H3,(H,23,24). The maximum absolute atomic E-state index is 12.0. The summed E-state index contributed by atoms with van der Waals surface area (Å²) in [6.45, 7) is 5.18. The fraction of sp³-hybridized carbons (Fsp3) is 0.333. The van der Waals surface area contributed by atoms with E-state index in [1.165, 1.54) is 17.1 Å². The lowest BCUT2D eigenvalue weighted by atomic mass is 10.2. The summed E-state index contributed by atoms with van der Waals surface area (Å²) in [6.07, 6.45) is 2.26. The lowest BCUT2D eigenvalue weighted by molar-refractivity contribution is -0.135. The average Bonchev–Trinajstić information content (AvgIpc) is 3.01. The maximum atomic E-state index is 12.0. The van der Waals surface area contributed by atoms with Crippen LogP contribution in [0, 0.1) is 11.3 Å². The van der Waals surface area contributed by atoms with E-state index in [0.29, 0.717) is 16.9 Å². The Kier molecular flexibility index (Phi) is 5.62. The van der Waals surface area contributed by atoms with Gasteiger partial charge in [-0.1, -0.05) is 6.07 Å². The van der Waals surface area contributed by atoms with Crippen LogP contribution in [-0.4, -0.2) is 38.9 Å². The summed E-state index contributed by atoms with van der Waals surface area (Å²) in [5.41, 5.74) is 0.879. The van der Waals surface area contributed by atoms with E-state index in [9.17, 15) is 9.59 Å². The molecule has 0 saturated heterocycles. The highest BCUT2D eigenvalue weighted by Crippen LogP contribution is 2.18. The average molecular weight is 356 g/mol. The van der Waals surface area contributed by atoms with Gasteiger partial charge >= 0.3 is 12.1 Å². The Morgan fingerprint density at radius 3 is 2.73 bits per heavy atom. The van der Waals surface area contributed by atoms with Crippen LogP contribution in [0.3, 0.4) is 0 Å². The third-order valence-corrected chi connectivity index (χ3v) is 3.26. The molecule has 0 aliphatic carbocycles. The predicted octanol–water partition coefficient (Wildman–Crippen LogP) is 2.63. The molecule has 0 unspecified atom stereocenters. The molecular formula is C18H20N4O4. The molecule has 0 bridgehead atoms. The molecule has 1 aromatic carbocycles. The Morgan fingerprint density at radius 1 is 1.38 bits per heavy atom. The minimum atomic E-state index is -1.01. The molecule has 1 aromatic heterocycles. The van der Waals surface area contributed by atoms with E-state index < -0.39 is 17.7 Å². The first-order valence-corrected chi connectivity index (χ1v) is 7.91. The summed E-state index contributed by atoms with van der Waals surface area (Å²) in [4.78, 5) is 28.9. The molecule has 1 N–H and O–H groups in total. The normalized spacial score (nSPS) is 10.8. The molecule has 0 spiro atoms. The van der Waals surface area contributed by atoms with Crippen LogP contribution in [-0.2, 0) is 16.1 Å². The number of carboxylic acids is 1. The van der Waals surface area contributed by atoms with Crippen LogP contribution in [0.2, 0.25) is 0 Å². The van der Waals surface area contributed by atoms with Gasteiger partial charge in [0.1, 0.15) is 18.5 Å².